The van der Waals surface area contributed by atoms with Crippen molar-refractivity contribution >= 4 is 170 Å². The monoisotopic (exact) mass is 2080 g/mol. The molecule has 0 saturated carbocycles. The highest BCUT2D eigenvalue weighted by Crippen LogP contribution is 2.46. The van der Waals surface area contributed by atoms with E-state index in [0.717, 1.165) is 76.5 Å². The summed E-state index contributed by atoms with van der Waals surface area (Å²) in [5, 5.41) is 71.4. The minimum atomic E-state index is -1.53. The second-order valence-electron chi connectivity index (χ2n) is 26.7. The van der Waals surface area contributed by atoms with Crippen LogP contribution >= 0.6 is 95.6 Å². The number of carboxylic acids is 2. The van der Waals surface area contributed by atoms with Gasteiger partial charge in [-0.15, -0.1) is 0 Å². The van der Waals surface area contributed by atoms with Crippen LogP contribution in [0.1, 0.15) is 74.9 Å². The van der Waals surface area contributed by atoms with E-state index in [1.54, 1.807) is 51.1 Å². The number of nitrogen functional groups attached to an aromatic ring is 1. The molecule has 1 aromatic heterocycles. The molecular formula is C83H53Br6F7N6O21. The molecule has 27 nitrogen and oxygen atoms in total. The number of fused-ring (bicyclic) bond motifs is 8. The van der Waals surface area contributed by atoms with Crippen molar-refractivity contribution in [1.29, 1.82) is 0 Å². The molecule has 0 atom stereocenters. The van der Waals surface area contributed by atoms with Crippen molar-refractivity contribution in [2.24, 2.45) is 0 Å². The number of nitrogens with one attached hydrogen (secondary N) is 1. The van der Waals surface area contributed by atoms with Gasteiger partial charge in [-0.3, -0.25) is 50.6 Å². The van der Waals surface area contributed by atoms with E-state index in [0.29, 0.717) is 98.9 Å². The Balaban J connectivity index is 0.000000152. The summed E-state index contributed by atoms with van der Waals surface area (Å²) in [5.41, 5.74) is 9.04. The maximum absolute atomic E-state index is 13.6. The molecule has 632 valence electrons. The Morgan fingerprint density at radius 3 is 1.35 bits per heavy atom. The number of hydrogen-bond donors (Lipinski definition) is 5. The molecular weight excluding hydrogens is 2030 g/mol. The number of nitro benzene ring substituents is 4. The quantitative estimate of drug-likeness (QED) is 0.0294. The largest absolute Gasteiger partial charge is 0.507 e. The highest BCUT2D eigenvalue weighted by Gasteiger charge is 2.28. The Kier molecular flexibility index (Phi) is 29.9. The first-order valence-corrected chi connectivity index (χ1v) is 39.4. The zero-order valence-electron chi connectivity index (χ0n) is 62.6. The third-order valence-corrected chi connectivity index (χ3v) is 20.4. The minimum absolute atomic E-state index is 0.00117. The average Bonchev–Trinajstić information content (AvgIpc) is 0.892. The number of aromatic hydroxyl groups is 1. The average molecular weight is 2080 g/mol. The molecule has 123 heavy (non-hydrogen) atoms. The van der Waals surface area contributed by atoms with Crippen LogP contribution < -0.4 is 35.4 Å². The summed E-state index contributed by atoms with van der Waals surface area (Å²) in [4.78, 5) is 85.4. The van der Waals surface area contributed by atoms with Gasteiger partial charge in [-0.2, -0.15) is 0 Å². The van der Waals surface area contributed by atoms with Gasteiger partial charge in [0.15, 0.2) is 5.58 Å². The van der Waals surface area contributed by atoms with Crippen LogP contribution in [-0.4, -0.2) is 58.6 Å². The van der Waals surface area contributed by atoms with Crippen molar-refractivity contribution in [3.8, 4) is 51.7 Å². The number of ether oxygens (including phenoxy) is 5. The van der Waals surface area contributed by atoms with E-state index >= 15 is 0 Å². The van der Waals surface area contributed by atoms with E-state index in [2.05, 4.69) is 101 Å². The Labute approximate surface area is 737 Å². The fourth-order valence-electron chi connectivity index (χ4n) is 11.4. The molecule has 12 aromatic carbocycles. The molecule has 1 amide bonds. The number of amides is 1. The first-order valence-electron chi connectivity index (χ1n) is 34.7. The number of phenols is 1. The molecule has 0 radical (unpaired) electrons. The van der Waals surface area contributed by atoms with Gasteiger partial charge in [0.25, 0.3) is 22.7 Å². The molecule has 16 rings (SSSR count). The van der Waals surface area contributed by atoms with Gasteiger partial charge in [0.2, 0.25) is 5.43 Å². The lowest BCUT2D eigenvalue weighted by atomic mass is 10.00. The lowest BCUT2D eigenvalue weighted by molar-refractivity contribution is -0.385. The van der Waals surface area contributed by atoms with Gasteiger partial charge in [-0.25, -0.2) is 45.1 Å². The van der Waals surface area contributed by atoms with Gasteiger partial charge in [0, 0.05) is 113 Å². The van der Waals surface area contributed by atoms with E-state index in [-0.39, 0.29) is 89.6 Å². The highest BCUT2D eigenvalue weighted by atomic mass is 79.9. The van der Waals surface area contributed by atoms with Gasteiger partial charge in [0.05, 0.1) is 57.3 Å². The fourth-order valence-corrected chi connectivity index (χ4v) is 14.4. The second kappa shape index (κ2) is 39.8. The SMILES string of the molecule is CC(C)(C)OC(=O)Nc1ccc2c(c1)Cc1cc(F)cc(Br)c1O2.Nc1ccc2c(c1)Cc1cc(F)cc(Br)c1O2.O=C(O)c1cc([N+](=O)[O-])ccc1F.O=C(O)c1cc([N+](=O)[O-])ccc1Oc1ccc(F)cc1Br.O=[N+]([O-])c1ccc2c(c1)Cc1cc(F)cc(Br)c1O2.O=c1c2cc([N+](=O)[O-])ccc2oc2c(Br)cc(F)cc12.Oc1ccc(F)cc1Br. The number of halogens is 13. The summed E-state index contributed by atoms with van der Waals surface area (Å²) in [6, 6.07) is 42.4. The fraction of sp³-hybridized carbons (Fsp3) is 0.0843. The number of rotatable bonds is 9. The van der Waals surface area contributed by atoms with Crippen LogP contribution in [0.5, 0.6) is 51.7 Å². The van der Waals surface area contributed by atoms with Gasteiger partial charge in [-0.1, -0.05) is 0 Å². The molecule has 3 aliphatic rings. The van der Waals surface area contributed by atoms with Crippen LogP contribution in [0, 0.1) is 81.2 Å². The van der Waals surface area contributed by atoms with Crippen molar-refractivity contribution in [1.82, 2.24) is 0 Å². The number of nitrogens with two attached hydrogens (primary N) is 1. The summed E-state index contributed by atoms with van der Waals surface area (Å²) >= 11 is 19.0. The predicted octanol–water partition coefficient (Wildman–Crippen LogP) is 25.2. The lowest BCUT2D eigenvalue weighted by Gasteiger charge is -2.23. The van der Waals surface area contributed by atoms with E-state index in [4.69, 9.17) is 49.2 Å². The third kappa shape index (κ3) is 24.1. The number of anilines is 2. The van der Waals surface area contributed by atoms with Crippen molar-refractivity contribution in [3.63, 3.8) is 0 Å². The van der Waals surface area contributed by atoms with Crippen LogP contribution in [0.2, 0.25) is 0 Å². The molecule has 40 heteroatoms. The molecule has 0 aliphatic carbocycles. The highest BCUT2D eigenvalue weighted by molar-refractivity contribution is 9.11. The van der Waals surface area contributed by atoms with Gasteiger partial charge < -0.3 is 49.2 Å². The first kappa shape index (κ1) is 92.4. The Morgan fingerprint density at radius 2 is 0.854 bits per heavy atom. The predicted molar refractivity (Wildman–Crippen MR) is 456 cm³/mol. The smallest absolute Gasteiger partial charge is 0.412 e. The zero-order valence-corrected chi connectivity index (χ0v) is 72.1. The number of hydrogen-bond acceptors (Lipinski definition) is 20. The second-order valence-corrected chi connectivity index (χ2v) is 31.8. The number of carbonyl (C=O) groups is 3. The van der Waals surface area contributed by atoms with Gasteiger partial charge in [0.1, 0.15) is 115 Å². The Morgan fingerprint density at radius 1 is 0.439 bits per heavy atom. The van der Waals surface area contributed by atoms with Crippen molar-refractivity contribution in [2.75, 3.05) is 11.1 Å². The number of carboxylic acid groups (broad SMARTS) is 2. The Hall–Kier alpha value is -12.9. The van der Waals surface area contributed by atoms with Crippen LogP contribution in [0.25, 0.3) is 21.9 Å². The van der Waals surface area contributed by atoms with Crippen LogP contribution in [-0.2, 0) is 24.0 Å². The van der Waals surface area contributed by atoms with Crippen LogP contribution in [0.3, 0.4) is 0 Å². The topological polar surface area (TPSA) is 399 Å². The van der Waals surface area contributed by atoms with Crippen molar-refractivity contribution in [3.05, 3.63) is 357 Å². The van der Waals surface area contributed by atoms with E-state index in [1.807, 2.05) is 12.1 Å². The molecule has 0 bridgehead atoms. The number of non-ortho nitro benzene ring substituents is 4. The first-order chi connectivity index (χ1) is 57.9. The maximum atomic E-state index is 13.6. The molecule has 0 spiro atoms. The third-order valence-electron chi connectivity index (χ3n) is 16.8. The number of benzene rings is 12. The standard InChI is InChI=1S/C18H17BrFNO3.C13H7BrFNO5.C13H5BrFNO4.C13H7BrFNO3.C13H9BrFNO.C7H4FNO4.C6H4BrFO/c1-18(2,3)24-17(22)21-13-4-5-15-10(8-13)6-11-7-12(20)9-14(19)16(11)23-15;14-10-5-7(15)1-3-12(10)21-11-4-2-8(16(19)20)6-9(11)13(17)18;14-10-4-6(15)3-9-12(17)8-5-7(16(18)19)1-2-11(8)20-13(9)10;14-11-6-9(15)4-8-3-7-5-10(16(17)18)1-2-12(7)19-13(8)11;14-11-6-9(15)4-8-3-7-5-10(16)1-2-12(7)17-13(8)11;8-6-2-1-4(9(12)13)3-5(6)7(10)11;7-5-3-4(8)1-2-6(5)9/h4-5,7-9H,6H2,1-3H3,(H,21,22);1-6H,(H,17,18);1-5H;1-2,4-6H,3H2;1-2,4-6H,3,16H2;1-3H,(H,10,11);1-3,9H. The molecule has 13 aromatic rings. The van der Waals surface area contributed by atoms with E-state index in [1.165, 1.54) is 97.1 Å². The van der Waals surface area contributed by atoms with Crippen molar-refractivity contribution < 1.29 is 108 Å². The molecule has 6 N–H and O–H groups in total. The molecule has 0 saturated heterocycles. The summed E-state index contributed by atoms with van der Waals surface area (Å²) in [6.07, 6.45) is 1.04. The number of aromatic carboxylic acids is 2. The molecule has 3 aliphatic heterocycles. The van der Waals surface area contributed by atoms with E-state index in [9.17, 15) is 90.4 Å². The summed E-state index contributed by atoms with van der Waals surface area (Å²) in [7, 11) is 0. The minimum Gasteiger partial charge on any atom is -0.507 e. The summed E-state index contributed by atoms with van der Waals surface area (Å²) in [6.45, 7) is 5.41. The summed E-state index contributed by atoms with van der Waals surface area (Å²) in [5.74, 6) is -2.25. The van der Waals surface area contributed by atoms with Gasteiger partial charge >= 0.3 is 18.0 Å². The molecule has 0 unspecified atom stereocenters. The van der Waals surface area contributed by atoms with Crippen LogP contribution in [0.15, 0.2) is 230 Å². The normalized spacial score (nSPS) is 11.4. The van der Waals surface area contributed by atoms with Crippen molar-refractivity contribution in [2.45, 2.75) is 45.6 Å². The number of phenolic OH excluding ortho intramolecular Hbond substituents is 1. The number of carbonyl (C=O) groups excluding carboxylic acids is 1. The zero-order chi connectivity index (χ0) is 89.9. The number of nitrogens with zero attached hydrogens (tertiary/aromatic N) is 4. The summed E-state index contributed by atoms with van der Waals surface area (Å²) < 4.78 is 128. The lowest BCUT2D eigenvalue weighted by Crippen LogP contribution is -2.27. The molecule has 4 heterocycles. The number of nitro groups is 4. The van der Waals surface area contributed by atoms with E-state index < -0.39 is 77.5 Å². The maximum Gasteiger partial charge on any atom is 0.412 e. The molecule has 0 fully saturated rings. The van der Waals surface area contributed by atoms with Gasteiger partial charge in [-0.05, 0) is 262 Å². The van der Waals surface area contributed by atoms with Crippen LogP contribution in [0.4, 0.5) is 69.7 Å². The Bertz CT molecular complexity index is 6510.